The molecule has 0 bridgehead atoms. The first-order chi connectivity index (χ1) is 18.0. The van der Waals surface area contributed by atoms with E-state index in [4.69, 9.17) is 19.9 Å². The molecule has 8 heteroatoms. The van der Waals surface area contributed by atoms with Crippen LogP contribution < -0.4 is 19.9 Å². The zero-order chi connectivity index (χ0) is 26.4. The lowest BCUT2D eigenvalue weighted by Gasteiger charge is -2.30. The molecule has 2 heterocycles. The summed E-state index contributed by atoms with van der Waals surface area (Å²) in [6.45, 7) is 6.72. The van der Waals surface area contributed by atoms with Crippen LogP contribution in [0.15, 0.2) is 42.5 Å². The molecule has 2 aromatic carbocycles. The third-order valence-corrected chi connectivity index (χ3v) is 7.46. The minimum atomic E-state index is -0.513. The third kappa shape index (κ3) is 6.01. The van der Waals surface area contributed by atoms with Crippen LogP contribution >= 0.6 is 0 Å². The number of nitrogens with zero attached hydrogens (tertiary/aromatic N) is 2. The number of benzene rings is 2. The van der Waals surface area contributed by atoms with Crippen LogP contribution in [0.1, 0.15) is 62.6 Å². The van der Waals surface area contributed by atoms with Crippen molar-refractivity contribution in [3.8, 4) is 17.2 Å². The topological polar surface area (TPSA) is 94.3 Å². The molecule has 2 amide bonds. The summed E-state index contributed by atoms with van der Waals surface area (Å²) >= 11 is 0. The molecule has 3 atom stereocenters. The molecule has 1 fully saturated rings. The smallest absolute Gasteiger partial charge is 0.236 e. The summed E-state index contributed by atoms with van der Waals surface area (Å²) in [6, 6.07) is 13.2. The first kappa shape index (κ1) is 26.8. The number of carbonyl (C=O) groups is 2. The minimum Gasteiger partial charge on any atom is -0.497 e. The van der Waals surface area contributed by atoms with Gasteiger partial charge in [0.05, 0.1) is 19.6 Å². The van der Waals surface area contributed by atoms with E-state index in [0.717, 1.165) is 55.6 Å². The number of rotatable bonds is 12. The zero-order valence-corrected chi connectivity index (χ0v) is 22.2. The number of methoxy groups -OCH3 is 1. The van der Waals surface area contributed by atoms with Gasteiger partial charge in [0.25, 0.3) is 0 Å². The number of likely N-dealkylation sites (tertiary alicyclic amines) is 1. The van der Waals surface area contributed by atoms with E-state index >= 15 is 0 Å². The number of hydrogen-bond acceptors (Lipinski definition) is 6. The Bertz CT molecular complexity index is 1070. The highest BCUT2D eigenvalue weighted by Gasteiger charge is 2.47. The van der Waals surface area contributed by atoms with Gasteiger partial charge in [0, 0.05) is 31.6 Å². The van der Waals surface area contributed by atoms with Crippen molar-refractivity contribution in [1.82, 2.24) is 9.80 Å². The lowest BCUT2D eigenvalue weighted by molar-refractivity contribution is -0.133. The van der Waals surface area contributed by atoms with Crippen LogP contribution in [-0.2, 0) is 9.59 Å². The quantitative estimate of drug-likeness (QED) is 0.463. The van der Waals surface area contributed by atoms with Gasteiger partial charge in [-0.1, -0.05) is 44.9 Å². The first-order valence-corrected chi connectivity index (χ1v) is 13.3. The Morgan fingerprint density at radius 3 is 2.27 bits per heavy atom. The number of amides is 2. The van der Waals surface area contributed by atoms with Crippen molar-refractivity contribution in [3.63, 3.8) is 0 Å². The molecule has 0 radical (unpaired) electrons. The highest BCUT2D eigenvalue weighted by Crippen LogP contribution is 2.47. The van der Waals surface area contributed by atoms with Gasteiger partial charge >= 0.3 is 0 Å². The van der Waals surface area contributed by atoms with E-state index in [1.807, 2.05) is 47.4 Å². The predicted octanol–water partition coefficient (Wildman–Crippen LogP) is 4.09. The largest absolute Gasteiger partial charge is 0.497 e. The Morgan fingerprint density at radius 1 is 1.00 bits per heavy atom. The predicted molar refractivity (Wildman–Crippen MR) is 142 cm³/mol. The van der Waals surface area contributed by atoms with Crippen LogP contribution in [0.5, 0.6) is 17.2 Å². The maximum Gasteiger partial charge on any atom is 0.236 e. The van der Waals surface area contributed by atoms with Crippen molar-refractivity contribution in [1.29, 1.82) is 0 Å². The van der Waals surface area contributed by atoms with Crippen LogP contribution in [0.2, 0.25) is 0 Å². The second-order valence-electron chi connectivity index (χ2n) is 9.88. The second-order valence-corrected chi connectivity index (χ2v) is 9.88. The Hall–Kier alpha value is -3.26. The van der Waals surface area contributed by atoms with Crippen LogP contribution in [0.25, 0.3) is 0 Å². The average molecular weight is 510 g/mol. The molecule has 0 saturated carbocycles. The molecular formula is C29H39N3O5. The highest BCUT2D eigenvalue weighted by molar-refractivity contribution is 5.81. The summed E-state index contributed by atoms with van der Waals surface area (Å²) in [6.07, 6.45) is 4.01. The van der Waals surface area contributed by atoms with Gasteiger partial charge in [-0.25, -0.2) is 0 Å². The van der Waals surface area contributed by atoms with Gasteiger partial charge in [-0.2, -0.15) is 0 Å². The Balaban J connectivity index is 1.67. The molecule has 2 aromatic rings. The summed E-state index contributed by atoms with van der Waals surface area (Å²) in [5.41, 5.74) is 7.96. The number of hydrogen-bond donors (Lipinski definition) is 1. The number of ether oxygens (including phenoxy) is 3. The normalized spacial score (nSPS) is 20.7. The zero-order valence-electron chi connectivity index (χ0n) is 22.2. The molecule has 2 N–H and O–H groups in total. The molecule has 37 heavy (non-hydrogen) atoms. The van der Waals surface area contributed by atoms with Crippen LogP contribution in [0, 0.1) is 5.92 Å². The van der Waals surface area contributed by atoms with Gasteiger partial charge in [-0.15, -0.1) is 0 Å². The van der Waals surface area contributed by atoms with Crippen molar-refractivity contribution in [2.75, 3.05) is 40.1 Å². The fraction of sp³-hybridized carbons (Fsp3) is 0.517. The van der Waals surface area contributed by atoms with Crippen molar-refractivity contribution in [2.24, 2.45) is 11.7 Å². The van der Waals surface area contributed by atoms with E-state index in [-0.39, 0.29) is 37.1 Å². The number of primary amides is 1. The van der Waals surface area contributed by atoms with Gasteiger partial charge in [0.1, 0.15) is 5.75 Å². The number of carbonyl (C=O) groups excluding carboxylic acids is 2. The average Bonchev–Trinajstić information content (AvgIpc) is 3.53. The van der Waals surface area contributed by atoms with Crippen LogP contribution in [0.3, 0.4) is 0 Å². The van der Waals surface area contributed by atoms with Crippen molar-refractivity contribution in [2.45, 2.75) is 51.5 Å². The Morgan fingerprint density at radius 2 is 1.65 bits per heavy atom. The van der Waals surface area contributed by atoms with Gasteiger partial charge in [-0.3, -0.25) is 14.5 Å². The molecule has 4 rings (SSSR count). The standard InChI is InChI=1S/C29H39N3O5/c1-4-6-14-31(15-7-5-2)26(33)18-32-17-23(21-10-13-24-25(16-21)37-19-36-24)27(29(30)34)28(32)20-8-11-22(35-3)12-9-20/h8-13,16,23,27-28H,4-7,14-15,17-19H2,1-3H3,(H2,30,34). The maximum absolute atomic E-state index is 13.6. The molecule has 1 saturated heterocycles. The van der Waals surface area contributed by atoms with E-state index in [9.17, 15) is 9.59 Å². The third-order valence-electron chi connectivity index (χ3n) is 7.46. The van der Waals surface area contributed by atoms with Gasteiger partial charge in [0.2, 0.25) is 18.6 Å². The summed E-state index contributed by atoms with van der Waals surface area (Å²) in [7, 11) is 1.62. The van der Waals surface area contributed by atoms with Crippen LogP contribution in [-0.4, -0.2) is 61.7 Å². The molecular weight excluding hydrogens is 470 g/mol. The van der Waals surface area contributed by atoms with E-state index in [2.05, 4.69) is 18.7 Å². The van der Waals surface area contributed by atoms with E-state index in [1.165, 1.54) is 0 Å². The summed E-state index contributed by atoms with van der Waals surface area (Å²) in [5.74, 6) is 1.10. The number of unbranched alkanes of at least 4 members (excludes halogenated alkanes) is 2. The Labute approximate surface area is 219 Å². The lowest BCUT2D eigenvalue weighted by Crippen LogP contribution is -2.42. The van der Waals surface area contributed by atoms with Crippen molar-refractivity contribution >= 4 is 11.8 Å². The van der Waals surface area contributed by atoms with Gasteiger partial charge < -0.3 is 24.8 Å². The minimum absolute atomic E-state index is 0.0926. The fourth-order valence-electron chi connectivity index (χ4n) is 5.45. The van der Waals surface area contributed by atoms with Crippen LogP contribution in [0.4, 0.5) is 0 Å². The van der Waals surface area contributed by atoms with Crippen molar-refractivity contribution < 1.29 is 23.8 Å². The molecule has 2 aliphatic heterocycles. The summed E-state index contributed by atoms with van der Waals surface area (Å²) in [5, 5.41) is 0. The monoisotopic (exact) mass is 509 g/mol. The lowest BCUT2D eigenvalue weighted by atomic mass is 9.82. The molecule has 8 nitrogen and oxygen atoms in total. The van der Waals surface area contributed by atoms with E-state index < -0.39 is 5.92 Å². The molecule has 200 valence electrons. The van der Waals surface area contributed by atoms with E-state index in [0.29, 0.717) is 18.0 Å². The molecule has 0 spiro atoms. The van der Waals surface area contributed by atoms with Gasteiger partial charge in [0.15, 0.2) is 11.5 Å². The maximum atomic E-state index is 13.6. The molecule has 3 unspecified atom stereocenters. The Kier molecular flexibility index (Phi) is 8.92. The highest BCUT2D eigenvalue weighted by atomic mass is 16.7. The van der Waals surface area contributed by atoms with Crippen molar-refractivity contribution in [3.05, 3.63) is 53.6 Å². The van der Waals surface area contributed by atoms with E-state index in [1.54, 1.807) is 7.11 Å². The first-order valence-electron chi connectivity index (χ1n) is 13.3. The summed E-state index contributed by atoms with van der Waals surface area (Å²) < 4.78 is 16.4. The molecule has 0 aromatic heterocycles. The number of fused-ring (bicyclic) bond motifs is 1. The summed E-state index contributed by atoms with van der Waals surface area (Å²) in [4.78, 5) is 30.7. The SMILES string of the molecule is CCCCN(CCCC)C(=O)CN1CC(c2ccc3c(c2)OCO3)C(C(N)=O)C1c1ccc(OC)cc1. The molecule has 0 aliphatic carbocycles. The van der Waals surface area contributed by atoms with Gasteiger partial charge in [-0.05, 0) is 48.2 Å². The second kappa shape index (κ2) is 12.3. The fourth-order valence-corrected chi connectivity index (χ4v) is 5.45. The molecule has 2 aliphatic rings. The number of nitrogens with two attached hydrogens (primary N) is 1.